The molecule has 1 aliphatic heterocycles. The lowest BCUT2D eigenvalue weighted by Crippen LogP contribution is -2.42. The molecule has 5 nitrogen and oxygen atoms in total. The SMILES string of the molecule is COc1ccc(S(=O)(=O)N2CCOC(c3ccccc3Cl)C2)cc1C. The molecule has 2 aromatic carbocycles. The zero-order valence-corrected chi connectivity index (χ0v) is 15.7. The van der Waals surface area contributed by atoms with Crippen molar-refractivity contribution >= 4 is 21.6 Å². The highest BCUT2D eigenvalue weighted by Gasteiger charge is 2.32. The topological polar surface area (TPSA) is 55.8 Å². The van der Waals surface area contributed by atoms with E-state index in [0.29, 0.717) is 23.9 Å². The van der Waals surface area contributed by atoms with Gasteiger partial charge in [0.25, 0.3) is 0 Å². The van der Waals surface area contributed by atoms with Gasteiger partial charge in [-0.2, -0.15) is 4.31 Å². The summed E-state index contributed by atoms with van der Waals surface area (Å²) in [7, 11) is -2.05. The lowest BCUT2D eigenvalue weighted by molar-refractivity contribution is -0.00249. The van der Waals surface area contributed by atoms with Crippen molar-refractivity contribution in [3.05, 3.63) is 58.6 Å². The lowest BCUT2D eigenvalue weighted by atomic mass is 10.1. The van der Waals surface area contributed by atoms with Crippen molar-refractivity contribution in [2.45, 2.75) is 17.9 Å². The third-order valence-corrected chi connectivity index (χ3v) is 6.49. The number of halogens is 1. The normalized spacial score (nSPS) is 18.9. The summed E-state index contributed by atoms with van der Waals surface area (Å²) in [5.74, 6) is 0.662. The van der Waals surface area contributed by atoms with E-state index in [0.717, 1.165) is 11.1 Å². The summed E-state index contributed by atoms with van der Waals surface area (Å²) < 4.78 is 38.4. The number of sulfonamides is 1. The maximum atomic E-state index is 13.0. The maximum absolute atomic E-state index is 13.0. The van der Waals surface area contributed by atoms with Crippen molar-refractivity contribution < 1.29 is 17.9 Å². The van der Waals surface area contributed by atoms with Crippen molar-refractivity contribution in [3.8, 4) is 5.75 Å². The van der Waals surface area contributed by atoms with Gasteiger partial charge in [-0.05, 0) is 36.8 Å². The van der Waals surface area contributed by atoms with E-state index in [1.54, 1.807) is 31.4 Å². The Balaban J connectivity index is 1.87. The largest absolute Gasteiger partial charge is 0.496 e. The minimum absolute atomic E-state index is 0.233. The minimum atomic E-state index is -3.61. The first kappa shape index (κ1) is 18.2. The molecular formula is C18H20ClNO4S. The molecule has 1 atom stereocenters. The summed E-state index contributed by atoms with van der Waals surface area (Å²) in [6.07, 6.45) is -0.378. The maximum Gasteiger partial charge on any atom is 0.243 e. The van der Waals surface area contributed by atoms with Crippen LogP contribution >= 0.6 is 11.6 Å². The molecule has 1 fully saturated rings. The van der Waals surface area contributed by atoms with Crippen LogP contribution in [0.1, 0.15) is 17.2 Å². The van der Waals surface area contributed by atoms with E-state index in [1.807, 2.05) is 25.1 Å². The van der Waals surface area contributed by atoms with E-state index in [2.05, 4.69) is 0 Å². The second-order valence-electron chi connectivity index (χ2n) is 5.88. The second kappa shape index (κ2) is 7.33. The van der Waals surface area contributed by atoms with Gasteiger partial charge in [-0.1, -0.05) is 29.8 Å². The number of rotatable bonds is 4. The van der Waals surface area contributed by atoms with Crippen LogP contribution in [-0.4, -0.2) is 39.5 Å². The Hall–Kier alpha value is -1.60. The van der Waals surface area contributed by atoms with Crippen LogP contribution in [0.15, 0.2) is 47.4 Å². The van der Waals surface area contributed by atoms with Crippen LogP contribution in [0.3, 0.4) is 0 Å². The van der Waals surface area contributed by atoms with Crippen LogP contribution in [0.5, 0.6) is 5.75 Å². The number of benzene rings is 2. The Morgan fingerprint density at radius 2 is 2.00 bits per heavy atom. The van der Waals surface area contributed by atoms with Crippen LogP contribution < -0.4 is 4.74 Å². The molecule has 1 unspecified atom stereocenters. The number of ether oxygens (including phenoxy) is 2. The number of aryl methyl sites for hydroxylation is 1. The molecule has 0 aromatic heterocycles. The molecule has 0 saturated carbocycles. The highest BCUT2D eigenvalue weighted by Crippen LogP contribution is 2.31. The van der Waals surface area contributed by atoms with Crippen LogP contribution in [0.25, 0.3) is 0 Å². The fourth-order valence-corrected chi connectivity index (χ4v) is 4.70. The molecule has 25 heavy (non-hydrogen) atoms. The van der Waals surface area contributed by atoms with E-state index in [1.165, 1.54) is 4.31 Å². The number of morpholine rings is 1. The van der Waals surface area contributed by atoms with Gasteiger partial charge in [0.1, 0.15) is 5.75 Å². The molecule has 0 bridgehead atoms. The Bertz CT molecular complexity index is 869. The molecule has 0 N–H and O–H groups in total. The van der Waals surface area contributed by atoms with Gasteiger partial charge in [-0.3, -0.25) is 0 Å². The summed E-state index contributed by atoms with van der Waals surface area (Å²) >= 11 is 6.23. The highest BCUT2D eigenvalue weighted by molar-refractivity contribution is 7.89. The van der Waals surface area contributed by atoms with Crippen LogP contribution in [0, 0.1) is 6.92 Å². The van der Waals surface area contributed by atoms with Gasteiger partial charge in [-0.15, -0.1) is 0 Å². The predicted molar refractivity (Wildman–Crippen MR) is 96.6 cm³/mol. The van der Waals surface area contributed by atoms with Gasteiger partial charge in [0, 0.05) is 23.7 Å². The molecule has 1 aliphatic rings. The zero-order valence-electron chi connectivity index (χ0n) is 14.1. The van der Waals surface area contributed by atoms with Crippen LogP contribution in [-0.2, 0) is 14.8 Å². The fourth-order valence-electron chi connectivity index (χ4n) is 2.93. The molecule has 0 spiro atoms. The van der Waals surface area contributed by atoms with Crippen molar-refractivity contribution in [1.29, 1.82) is 0 Å². The van der Waals surface area contributed by atoms with Crippen molar-refractivity contribution in [3.63, 3.8) is 0 Å². The molecule has 1 saturated heterocycles. The number of methoxy groups -OCH3 is 1. The van der Waals surface area contributed by atoms with Gasteiger partial charge >= 0.3 is 0 Å². The monoisotopic (exact) mass is 381 g/mol. The summed E-state index contributed by atoms with van der Waals surface area (Å²) in [6, 6.07) is 12.2. The van der Waals surface area contributed by atoms with Gasteiger partial charge in [-0.25, -0.2) is 8.42 Å². The van der Waals surface area contributed by atoms with Crippen molar-refractivity contribution in [1.82, 2.24) is 4.31 Å². The molecule has 3 rings (SSSR count). The third kappa shape index (κ3) is 3.67. The molecule has 2 aromatic rings. The molecule has 0 radical (unpaired) electrons. The molecule has 0 amide bonds. The lowest BCUT2D eigenvalue weighted by Gasteiger charge is -2.32. The summed E-state index contributed by atoms with van der Waals surface area (Å²) in [6.45, 7) is 2.69. The first-order chi connectivity index (χ1) is 11.9. The van der Waals surface area contributed by atoms with E-state index >= 15 is 0 Å². The minimum Gasteiger partial charge on any atom is -0.496 e. The molecule has 0 aliphatic carbocycles. The standard InChI is InChI=1S/C18H20ClNO4S/c1-13-11-14(7-8-17(13)23-2)25(21,22)20-9-10-24-18(12-20)15-5-3-4-6-16(15)19/h3-8,11,18H,9-10,12H2,1-2H3. The van der Waals surface area contributed by atoms with E-state index in [9.17, 15) is 8.42 Å². The second-order valence-corrected chi connectivity index (χ2v) is 8.22. The third-order valence-electron chi connectivity index (χ3n) is 4.29. The van der Waals surface area contributed by atoms with Crippen LogP contribution in [0.4, 0.5) is 0 Å². The predicted octanol–water partition coefficient (Wildman–Crippen LogP) is 3.42. The highest BCUT2D eigenvalue weighted by atomic mass is 35.5. The van der Waals surface area contributed by atoms with Gasteiger partial charge in [0.05, 0.1) is 24.7 Å². The molecular weight excluding hydrogens is 362 g/mol. The smallest absolute Gasteiger partial charge is 0.243 e. The van der Waals surface area contributed by atoms with E-state index in [4.69, 9.17) is 21.1 Å². The first-order valence-corrected chi connectivity index (χ1v) is 9.76. The van der Waals surface area contributed by atoms with Gasteiger partial charge in [0.15, 0.2) is 0 Å². The zero-order chi connectivity index (χ0) is 18.0. The average Bonchev–Trinajstić information content (AvgIpc) is 2.62. The van der Waals surface area contributed by atoms with Crippen molar-refractivity contribution in [2.75, 3.05) is 26.8 Å². The quantitative estimate of drug-likeness (QED) is 0.814. The van der Waals surface area contributed by atoms with E-state index in [-0.39, 0.29) is 17.5 Å². The molecule has 1 heterocycles. The molecule has 134 valence electrons. The fraction of sp³-hybridized carbons (Fsp3) is 0.333. The summed E-state index contributed by atoms with van der Waals surface area (Å²) in [4.78, 5) is 0.255. The molecule has 7 heteroatoms. The number of nitrogens with zero attached hydrogens (tertiary/aromatic N) is 1. The summed E-state index contributed by atoms with van der Waals surface area (Å²) in [5.41, 5.74) is 1.58. The Labute approximate surface area is 153 Å². The Morgan fingerprint density at radius 3 is 2.68 bits per heavy atom. The Morgan fingerprint density at radius 1 is 1.24 bits per heavy atom. The van der Waals surface area contributed by atoms with Crippen LogP contribution in [0.2, 0.25) is 5.02 Å². The van der Waals surface area contributed by atoms with Gasteiger partial charge in [0.2, 0.25) is 10.0 Å². The van der Waals surface area contributed by atoms with Gasteiger partial charge < -0.3 is 9.47 Å². The van der Waals surface area contributed by atoms with E-state index < -0.39 is 10.0 Å². The van der Waals surface area contributed by atoms with Crippen molar-refractivity contribution in [2.24, 2.45) is 0 Å². The number of hydrogen-bond acceptors (Lipinski definition) is 4. The average molecular weight is 382 g/mol. The number of hydrogen-bond donors (Lipinski definition) is 0. The first-order valence-electron chi connectivity index (χ1n) is 7.94. The Kier molecular flexibility index (Phi) is 5.34. The summed E-state index contributed by atoms with van der Waals surface area (Å²) in [5, 5.41) is 0.576.